The fourth-order valence-corrected chi connectivity index (χ4v) is 2.23. The molecule has 0 aromatic carbocycles. The van der Waals surface area contributed by atoms with Gasteiger partial charge in [0.05, 0.1) is 5.69 Å². The van der Waals surface area contributed by atoms with E-state index in [2.05, 4.69) is 15.7 Å². The van der Waals surface area contributed by atoms with Crippen LogP contribution in [0.25, 0.3) is 0 Å². The van der Waals surface area contributed by atoms with Crippen LogP contribution in [0.2, 0.25) is 0 Å². The van der Waals surface area contributed by atoms with Crippen LogP contribution in [0.1, 0.15) is 34.5 Å². The maximum atomic E-state index is 12.3. The average molecular weight is 278 g/mol. The Morgan fingerprint density at radius 1 is 1.40 bits per heavy atom. The lowest BCUT2D eigenvalue weighted by Crippen LogP contribution is -2.49. The summed E-state index contributed by atoms with van der Waals surface area (Å²) in [4.78, 5) is 35.4. The number of rotatable bonds is 2. The highest BCUT2D eigenvalue weighted by Crippen LogP contribution is 2.08. The topological polar surface area (TPSA) is 93.1 Å². The van der Waals surface area contributed by atoms with Crippen molar-refractivity contribution in [2.45, 2.75) is 32.7 Å². The van der Waals surface area contributed by atoms with E-state index in [1.54, 1.807) is 13.8 Å². The second-order valence-corrected chi connectivity index (χ2v) is 5.03. The van der Waals surface area contributed by atoms with Gasteiger partial charge in [-0.25, -0.2) is 4.68 Å². The van der Waals surface area contributed by atoms with Gasteiger partial charge in [0.2, 0.25) is 5.91 Å². The Hall–Kier alpha value is -2.18. The minimum atomic E-state index is -0.412. The molecule has 7 nitrogen and oxygen atoms in total. The smallest absolute Gasteiger partial charge is 0.279 e. The largest absolute Gasteiger partial charge is 0.354 e. The third-order valence-electron chi connectivity index (χ3n) is 3.55. The van der Waals surface area contributed by atoms with Crippen molar-refractivity contribution in [2.75, 3.05) is 6.54 Å². The van der Waals surface area contributed by atoms with Gasteiger partial charge in [-0.2, -0.15) is 5.10 Å². The van der Waals surface area contributed by atoms with Crippen LogP contribution < -0.4 is 16.2 Å². The van der Waals surface area contributed by atoms with E-state index in [4.69, 9.17) is 0 Å². The molecule has 108 valence electrons. The lowest BCUT2D eigenvalue weighted by molar-refractivity contribution is -0.122. The number of carbonyl (C=O) groups is 2. The Labute approximate surface area is 116 Å². The van der Waals surface area contributed by atoms with E-state index in [0.29, 0.717) is 30.6 Å². The molecule has 1 unspecified atom stereocenters. The molecule has 2 amide bonds. The van der Waals surface area contributed by atoms with Crippen LogP contribution in [0, 0.1) is 13.8 Å². The average Bonchev–Trinajstić information content (AvgIpc) is 2.39. The Balaban J connectivity index is 2.22. The first-order valence-electron chi connectivity index (χ1n) is 6.52. The predicted molar refractivity (Wildman–Crippen MR) is 72.4 cm³/mol. The molecule has 1 atom stereocenters. The van der Waals surface area contributed by atoms with Crippen LogP contribution in [0.4, 0.5) is 0 Å². The van der Waals surface area contributed by atoms with Crippen molar-refractivity contribution < 1.29 is 9.59 Å². The molecule has 1 saturated heterocycles. The Bertz CT molecular complexity index is 611. The molecule has 1 aliphatic heterocycles. The van der Waals surface area contributed by atoms with Gasteiger partial charge in [0, 0.05) is 26.1 Å². The van der Waals surface area contributed by atoms with Crippen LogP contribution in [-0.2, 0) is 11.8 Å². The van der Waals surface area contributed by atoms with Gasteiger partial charge < -0.3 is 10.6 Å². The molecule has 0 saturated carbocycles. The van der Waals surface area contributed by atoms with E-state index in [1.807, 2.05) is 0 Å². The van der Waals surface area contributed by atoms with Crippen molar-refractivity contribution in [3.05, 3.63) is 27.2 Å². The van der Waals surface area contributed by atoms with E-state index in [9.17, 15) is 14.4 Å². The summed E-state index contributed by atoms with van der Waals surface area (Å²) in [5.41, 5.74) is 0.946. The highest BCUT2D eigenvalue weighted by atomic mass is 16.2. The molecule has 1 aliphatic rings. The number of aryl methyl sites for hydroxylation is 2. The fraction of sp³-hybridized carbons (Fsp3) is 0.538. The zero-order valence-corrected chi connectivity index (χ0v) is 11.8. The van der Waals surface area contributed by atoms with Crippen molar-refractivity contribution in [1.82, 2.24) is 20.4 Å². The minimum Gasteiger partial charge on any atom is -0.354 e. The van der Waals surface area contributed by atoms with Gasteiger partial charge in [0.15, 0.2) is 0 Å². The number of piperidine rings is 1. The molecule has 20 heavy (non-hydrogen) atoms. The molecule has 1 aromatic heterocycles. The van der Waals surface area contributed by atoms with Gasteiger partial charge in [-0.1, -0.05) is 0 Å². The SMILES string of the molecule is Cc1nn(C)c(=O)c(C(=O)NC2CCC(=O)NC2)c1C. The molecule has 2 N–H and O–H groups in total. The van der Waals surface area contributed by atoms with E-state index in [1.165, 1.54) is 11.7 Å². The monoisotopic (exact) mass is 278 g/mol. The number of amides is 2. The second-order valence-electron chi connectivity index (χ2n) is 5.03. The Morgan fingerprint density at radius 3 is 2.70 bits per heavy atom. The van der Waals surface area contributed by atoms with E-state index in [-0.39, 0.29) is 17.5 Å². The summed E-state index contributed by atoms with van der Waals surface area (Å²) in [5.74, 6) is -0.419. The molecule has 0 aliphatic carbocycles. The van der Waals surface area contributed by atoms with E-state index >= 15 is 0 Å². The number of hydrogen-bond donors (Lipinski definition) is 2. The lowest BCUT2D eigenvalue weighted by Gasteiger charge is -2.23. The summed E-state index contributed by atoms with van der Waals surface area (Å²) < 4.78 is 1.17. The summed E-state index contributed by atoms with van der Waals surface area (Å²) in [6.07, 6.45) is 0.971. The normalized spacial score (nSPS) is 18.6. The number of aromatic nitrogens is 2. The molecular formula is C13H18N4O3. The summed E-state index contributed by atoms with van der Waals surface area (Å²) in [6.45, 7) is 3.86. The third-order valence-corrected chi connectivity index (χ3v) is 3.55. The zero-order chi connectivity index (χ0) is 14.9. The minimum absolute atomic E-state index is 0.0117. The molecular weight excluding hydrogens is 260 g/mol. The molecule has 7 heteroatoms. The number of nitrogens with one attached hydrogen (secondary N) is 2. The fourth-order valence-electron chi connectivity index (χ4n) is 2.23. The van der Waals surface area contributed by atoms with Gasteiger partial charge in [-0.3, -0.25) is 14.4 Å². The Kier molecular flexibility index (Phi) is 3.87. The molecule has 2 rings (SSSR count). The van der Waals surface area contributed by atoms with Gasteiger partial charge in [0.1, 0.15) is 5.56 Å². The maximum absolute atomic E-state index is 12.3. The Morgan fingerprint density at radius 2 is 2.10 bits per heavy atom. The summed E-state index contributed by atoms with van der Waals surface area (Å²) in [5, 5.41) is 9.53. The zero-order valence-electron chi connectivity index (χ0n) is 11.8. The quantitative estimate of drug-likeness (QED) is 0.756. The molecule has 0 radical (unpaired) electrons. The van der Waals surface area contributed by atoms with Crippen LogP contribution in [0.3, 0.4) is 0 Å². The van der Waals surface area contributed by atoms with Gasteiger partial charge >= 0.3 is 0 Å². The first-order valence-corrected chi connectivity index (χ1v) is 6.52. The van der Waals surface area contributed by atoms with Crippen molar-refractivity contribution in [1.29, 1.82) is 0 Å². The van der Waals surface area contributed by atoms with E-state index in [0.717, 1.165) is 0 Å². The van der Waals surface area contributed by atoms with Crippen LogP contribution in [0.5, 0.6) is 0 Å². The van der Waals surface area contributed by atoms with Crippen LogP contribution in [0.15, 0.2) is 4.79 Å². The van der Waals surface area contributed by atoms with Gasteiger partial charge in [-0.05, 0) is 25.8 Å². The number of nitrogens with zero attached hydrogens (tertiary/aromatic N) is 2. The molecule has 1 fully saturated rings. The maximum Gasteiger partial charge on any atom is 0.279 e. The van der Waals surface area contributed by atoms with Crippen molar-refractivity contribution >= 4 is 11.8 Å². The summed E-state index contributed by atoms with van der Waals surface area (Å²) in [6, 6.07) is -0.141. The molecule has 1 aromatic rings. The summed E-state index contributed by atoms with van der Waals surface area (Å²) >= 11 is 0. The lowest BCUT2D eigenvalue weighted by atomic mass is 10.1. The molecule has 0 spiro atoms. The number of hydrogen-bond acceptors (Lipinski definition) is 4. The van der Waals surface area contributed by atoms with Crippen molar-refractivity contribution in [3.63, 3.8) is 0 Å². The first kappa shape index (κ1) is 14.2. The van der Waals surface area contributed by atoms with Crippen molar-refractivity contribution in [3.8, 4) is 0 Å². The predicted octanol–water partition coefficient (Wildman–Crippen LogP) is -0.594. The highest BCUT2D eigenvalue weighted by Gasteiger charge is 2.23. The van der Waals surface area contributed by atoms with Crippen LogP contribution >= 0.6 is 0 Å². The van der Waals surface area contributed by atoms with Gasteiger partial charge in [-0.15, -0.1) is 0 Å². The third kappa shape index (κ3) is 2.71. The first-order chi connectivity index (χ1) is 9.40. The standard InChI is InChI=1S/C13H18N4O3/c1-7-8(2)16-17(3)13(20)11(7)12(19)15-9-4-5-10(18)14-6-9/h9H,4-6H2,1-3H3,(H,14,18)(H,15,19). The molecule has 2 heterocycles. The van der Waals surface area contributed by atoms with Crippen molar-refractivity contribution in [2.24, 2.45) is 7.05 Å². The number of carbonyl (C=O) groups excluding carboxylic acids is 2. The summed E-state index contributed by atoms with van der Waals surface area (Å²) in [7, 11) is 1.52. The van der Waals surface area contributed by atoms with Gasteiger partial charge in [0.25, 0.3) is 11.5 Å². The second kappa shape index (κ2) is 5.44. The van der Waals surface area contributed by atoms with E-state index < -0.39 is 11.5 Å². The van der Waals surface area contributed by atoms with Crippen LogP contribution in [-0.4, -0.2) is 34.2 Å². The molecule has 0 bridgehead atoms. The highest BCUT2D eigenvalue weighted by molar-refractivity contribution is 5.95.